The molecule has 2 aromatic heterocycles. The van der Waals surface area contributed by atoms with E-state index in [1.807, 2.05) is 12.1 Å². The van der Waals surface area contributed by atoms with Crippen molar-refractivity contribution in [2.45, 2.75) is 19.9 Å². The average Bonchev–Trinajstić information content (AvgIpc) is 3.34. The van der Waals surface area contributed by atoms with Crippen LogP contribution in [0.4, 0.5) is 0 Å². The molecule has 0 fully saturated rings. The average molecular weight is 529 g/mol. The van der Waals surface area contributed by atoms with Crippen LogP contribution >= 0.6 is 27.3 Å². The molecule has 0 unspecified atom stereocenters. The molecule has 170 valence electrons. The molecule has 9 heteroatoms. The highest BCUT2D eigenvalue weighted by Gasteiger charge is 2.33. The van der Waals surface area contributed by atoms with Gasteiger partial charge in [0.05, 0.1) is 28.5 Å². The zero-order chi connectivity index (χ0) is 23.5. The summed E-state index contributed by atoms with van der Waals surface area (Å²) in [6, 6.07) is 10.1. The molecule has 0 radical (unpaired) electrons. The molecule has 0 saturated heterocycles. The highest BCUT2D eigenvalue weighted by atomic mass is 79.9. The summed E-state index contributed by atoms with van der Waals surface area (Å²) in [6.45, 7) is 7.74. The lowest BCUT2D eigenvalue weighted by Crippen LogP contribution is -2.39. The molecule has 0 amide bonds. The van der Waals surface area contributed by atoms with Crippen molar-refractivity contribution in [2.75, 3.05) is 13.2 Å². The minimum atomic E-state index is -0.681. The zero-order valence-corrected chi connectivity index (χ0v) is 20.4. The normalized spacial score (nSPS) is 15.7. The van der Waals surface area contributed by atoms with Crippen molar-refractivity contribution in [1.29, 1.82) is 0 Å². The second kappa shape index (κ2) is 9.76. The van der Waals surface area contributed by atoms with Crippen LogP contribution in [0, 0.1) is 0 Å². The van der Waals surface area contributed by atoms with Gasteiger partial charge < -0.3 is 13.9 Å². The lowest BCUT2D eigenvalue weighted by atomic mass is 9.96. The highest BCUT2D eigenvalue weighted by molar-refractivity contribution is 9.10. The lowest BCUT2D eigenvalue weighted by Gasteiger charge is -2.24. The Bertz CT molecular complexity index is 1410. The van der Waals surface area contributed by atoms with Gasteiger partial charge in [-0.25, -0.2) is 9.79 Å². The summed E-state index contributed by atoms with van der Waals surface area (Å²) in [7, 11) is 0. The summed E-state index contributed by atoms with van der Waals surface area (Å²) in [6.07, 6.45) is 3.33. The molecule has 0 N–H and O–H groups in total. The number of carbonyl (C=O) groups is 1. The van der Waals surface area contributed by atoms with E-state index < -0.39 is 12.0 Å². The van der Waals surface area contributed by atoms with Gasteiger partial charge in [0.2, 0.25) is 0 Å². The molecule has 33 heavy (non-hydrogen) atoms. The summed E-state index contributed by atoms with van der Waals surface area (Å²) in [5.41, 5.74) is 1.32. The van der Waals surface area contributed by atoms with Crippen LogP contribution in [0.25, 0.3) is 6.08 Å². The van der Waals surface area contributed by atoms with Gasteiger partial charge in [0.25, 0.3) is 5.56 Å². The number of ether oxygens (including phenoxy) is 2. The molecule has 0 bridgehead atoms. The van der Waals surface area contributed by atoms with Crippen LogP contribution in [-0.2, 0) is 9.53 Å². The fourth-order valence-corrected chi connectivity index (χ4v) is 4.89. The van der Waals surface area contributed by atoms with Gasteiger partial charge in [0.1, 0.15) is 18.1 Å². The first-order chi connectivity index (χ1) is 15.9. The molecule has 1 aliphatic heterocycles. The molecule has 0 saturated carbocycles. The van der Waals surface area contributed by atoms with Crippen molar-refractivity contribution in [3.05, 3.63) is 96.0 Å². The van der Waals surface area contributed by atoms with Gasteiger partial charge in [-0.2, -0.15) is 0 Å². The minimum Gasteiger partial charge on any atom is -0.490 e. The number of carbonyl (C=O) groups excluding carboxylic acids is 1. The molecule has 4 rings (SSSR count). The Balaban J connectivity index is 1.88. The van der Waals surface area contributed by atoms with Crippen molar-refractivity contribution in [3.63, 3.8) is 0 Å². The second-order valence-corrected chi connectivity index (χ2v) is 8.90. The molecule has 1 atom stereocenters. The van der Waals surface area contributed by atoms with Crippen molar-refractivity contribution in [2.24, 2.45) is 4.99 Å². The molecule has 7 nitrogen and oxygen atoms in total. The van der Waals surface area contributed by atoms with Crippen LogP contribution < -0.4 is 19.6 Å². The van der Waals surface area contributed by atoms with E-state index in [0.717, 1.165) is 5.56 Å². The van der Waals surface area contributed by atoms with Gasteiger partial charge in [-0.05, 0) is 59.6 Å². The fraction of sp³-hybridized carbons (Fsp3) is 0.208. The highest BCUT2D eigenvalue weighted by Crippen LogP contribution is 2.31. The number of nitrogens with zero attached hydrogens (tertiary/aromatic N) is 2. The van der Waals surface area contributed by atoms with Crippen molar-refractivity contribution >= 4 is 39.3 Å². The standard InChI is InChI=1S/C24H21BrN2O5S/c1-4-12-31-16-8-6-15(7-9-16)21-20(23(29)30-5-2)14(3)26-24-27(21)22(28)18(33-24)13-17-10-11-19(25)32-17/h4,6-11,13,21H,1,5,12H2,2-3H3/t21-/m1/s1. The first-order valence-corrected chi connectivity index (χ1v) is 11.8. The largest absolute Gasteiger partial charge is 0.490 e. The van der Waals surface area contributed by atoms with Crippen molar-refractivity contribution in [1.82, 2.24) is 4.57 Å². The maximum absolute atomic E-state index is 13.5. The Morgan fingerprint density at radius 3 is 2.70 bits per heavy atom. The Kier molecular flexibility index (Phi) is 6.80. The van der Waals surface area contributed by atoms with Crippen LogP contribution in [0.5, 0.6) is 5.75 Å². The van der Waals surface area contributed by atoms with E-state index >= 15 is 0 Å². The van der Waals surface area contributed by atoms with E-state index in [-0.39, 0.29) is 12.2 Å². The number of aromatic nitrogens is 1. The number of benzene rings is 1. The van der Waals surface area contributed by atoms with Crippen molar-refractivity contribution < 1.29 is 18.7 Å². The monoisotopic (exact) mass is 528 g/mol. The van der Waals surface area contributed by atoms with Gasteiger partial charge in [-0.1, -0.05) is 36.1 Å². The van der Waals surface area contributed by atoms with E-state index in [0.29, 0.717) is 43.4 Å². The summed E-state index contributed by atoms with van der Waals surface area (Å²) >= 11 is 4.51. The van der Waals surface area contributed by atoms with Gasteiger partial charge in [-0.15, -0.1) is 0 Å². The molecule has 3 heterocycles. The third kappa shape index (κ3) is 4.65. The predicted octanol–water partition coefficient (Wildman–Crippen LogP) is 3.72. The number of thiazole rings is 1. The van der Waals surface area contributed by atoms with E-state index in [1.54, 1.807) is 50.3 Å². The Morgan fingerprint density at radius 1 is 1.30 bits per heavy atom. The molecule has 1 aromatic carbocycles. The number of rotatable bonds is 7. The van der Waals surface area contributed by atoms with Crippen LogP contribution in [0.2, 0.25) is 0 Å². The summed E-state index contributed by atoms with van der Waals surface area (Å²) in [5, 5.41) is 0. The minimum absolute atomic E-state index is 0.217. The summed E-state index contributed by atoms with van der Waals surface area (Å²) in [5.74, 6) is 0.696. The number of hydrogen-bond donors (Lipinski definition) is 0. The van der Waals surface area contributed by atoms with Gasteiger partial charge in [-0.3, -0.25) is 9.36 Å². The summed E-state index contributed by atoms with van der Waals surface area (Å²) < 4.78 is 19.0. The smallest absolute Gasteiger partial charge is 0.338 e. The van der Waals surface area contributed by atoms with Crippen LogP contribution in [0.15, 0.2) is 79.2 Å². The molecule has 1 aliphatic rings. The van der Waals surface area contributed by atoms with E-state index in [9.17, 15) is 9.59 Å². The van der Waals surface area contributed by atoms with Crippen LogP contribution in [0.3, 0.4) is 0 Å². The number of fused-ring (bicyclic) bond motifs is 1. The van der Waals surface area contributed by atoms with Gasteiger partial charge >= 0.3 is 5.97 Å². The van der Waals surface area contributed by atoms with Crippen LogP contribution in [-0.4, -0.2) is 23.8 Å². The molecule has 0 spiro atoms. The SMILES string of the molecule is C=CCOc1ccc([C@@H]2C(C(=O)OCC)=C(C)N=c3sc(=Cc4ccc(Br)o4)c(=O)n32)cc1. The van der Waals surface area contributed by atoms with Gasteiger partial charge in [0, 0.05) is 6.08 Å². The van der Waals surface area contributed by atoms with Crippen molar-refractivity contribution in [3.8, 4) is 5.75 Å². The molecular formula is C24H21BrN2O5S. The zero-order valence-electron chi connectivity index (χ0n) is 18.0. The Morgan fingerprint density at radius 2 is 2.06 bits per heavy atom. The maximum atomic E-state index is 13.5. The fourth-order valence-electron chi connectivity index (χ4n) is 3.54. The van der Waals surface area contributed by atoms with E-state index in [2.05, 4.69) is 27.5 Å². The third-order valence-electron chi connectivity index (χ3n) is 4.95. The topological polar surface area (TPSA) is 83.0 Å². The first-order valence-electron chi connectivity index (χ1n) is 10.2. The summed E-state index contributed by atoms with van der Waals surface area (Å²) in [4.78, 5) is 31.4. The Labute approximate surface area is 202 Å². The molecular weight excluding hydrogens is 508 g/mol. The van der Waals surface area contributed by atoms with E-state index in [1.165, 1.54) is 15.9 Å². The van der Waals surface area contributed by atoms with Crippen LogP contribution in [0.1, 0.15) is 31.2 Å². The predicted molar refractivity (Wildman–Crippen MR) is 129 cm³/mol. The van der Waals surface area contributed by atoms with Gasteiger partial charge in [0.15, 0.2) is 9.47 Å². The Hall–Kier alpha value is -3.17. The lowest BCUT2D eigenvalue weighted by molar-refractivity contribution is -0.139. The maximum Gasteiger partial charge on any atom is 0.338 e. The van der Waals surface area contributed by atoms with E-state index in [4.69, 9.17) is 13.9 Å². The molecule has 0 aliphatic carbocycles. The first kappa shape index (κ1) is 23.0. The quantitative estimate of drug-likeness (QED) is 0.344. The number of hydrogen-bond acceptors (Lipinski definition) is 7. The number of halogens is 1. The third-order valence-corrected chi connectivity index (χ3v) is 6.36. The number of furan rings is 1. The number of esters is 1. The molecule has 3 aromatic rings. The number of allylic oxidation sites excluding steroid dienone is 1. The second-order valence-electron chi connectivity index (χ2n) is 7.11.